The molecule has 4 heteroatoms. The fourth-order valence-corrected chi connectivity index (χ4v) is 2.05. The van der Waals surface area contributed by atoms with Crippen LogP contribution in [0.4, 0.5) is 0 Å². The molecule has 1 N–H and O–H groups in total. The van der Waals surface area contributed by atoms with Gasteiger partial charge in [0.2, 0.25) is 0 Å². The second-order valence-corrected chi connectivity index (χ2v) is 4.30. The summed E-state index contributed by atoms with van der Waals surface area (Å²) in [6.07, 6.45) is 1.83. The molecule has 0 saturated carbocycles. The Labute approximate surface area is 83.8 Å². The van der Waals surface area contributed by atoms with E-state index in [1.807, 2.05) is 6.92 Å². The lowest BCUT2D eigenvalue weighted by atomic mass is 10.00. The number of rotatable bonds is 2. The molecule has 4 nitrogen and oxygen atoms in total. The van der Waals surface area contributed by atoms with Crippen molar-refractivity contribution < 1.29 is 14.6 Å². The molecule has 2 heterocycles. The topological polar surface area (TPSA) is 49.8 Å². The Balaban J connectivity index is 1.79. The van der Waals surface area contributed by atoms with E-state index in [1.54, 1.807) is 4.90 Å². The van der Waals surface area contributed by atoms with Crippen LogP contribution in [0.3, 0.4) is 0 Å². The first-order valence-electron chi connectivity index (χ1n) is 5.26. The monoisotopic (exact) mass is 199 g/mol. The number of aliphatic hydroxyl groups is 1. The lowest BCUT2D eigenvalue weighted by Crippen LogP contribution is -2.54. The van der Waals surface area contributed by atoms with E-state index in [0.29, 0.717) is 13.1 Å². The summed E-state index contributed by atoms with van der Waals surface area (Å²) >= 11 is 0. The summed E-state index contributed by atoms with van der Waals surface area (Å²) < 4.78 is 5.50. The molecule has 2 saturated heterocycles. The smallest absolute Gasteiger partial charge is 0.251 e. The number of nitrogens with zero attached hydrogens (tertiary/aromatic N) is 1. The number of carbonyl (C=O) groups is 1. The van der Waals surface area contributed by atoms with Crippen LogP contribution >= 0.6 is 0 Å². The summed E-state index contributed by atoms with van der Waals surface area (Å²) in [4.78, 5) is 13.5. The molecule has 2 atom stereocenters. The quantitative estimate of drug-likeness (QED) is 0.681. The average molecular weight is 199 g/mol. The van der Waals surface area contributed by atoms with E-state index in [1.165, 1.54) is 0 Å². The van der Waals surface area contributed by atoms with Gasteiger partial charge in [-0.15, -0.1) is 0 Å². The summed E-state index contributed by atoms with van der Waals surface area (Å²) in [5.41, 5.74) is 0. The van der Waals surface area contributed by atoms with Crippen LogP contribution in [0.1, 0.15) is 19.8 Å². The van der Waals surface area contributed by atoms with Crippen LogP contribution in [0.25, 0.3) is 0 Å². The van der Waals surface area contributed by atoms with E-state index in [0.717, 1.165) is 12.8 Å². The van der Waals surface area contributed by atoms with Gasteiger partial charge in [-0.25, -0.2) is 0 Å². The summed E-state index contributed by atoms with van der Waals surface area (Å²) in [7, 11) is 0. The number of hydrogen-bond donors (Lipinski definition) is 1. The molecule has 0 aromatic rings. The highest BCUT2D eigenvalue weighted by atomic mass is 16.5. The van der Waals surface area contributed by atoms with Crippen molar-refractivity contribution in [1.29, 1.82) is 0 Å². The number of likely N-dealkylation sites (tertiary alicyclic amines) is 1. The van der Waals surface area contributed by atoms with Crippen LogP contribution in [0.5, 0.6) is 0 Å². The number of amides is 1. The molecule has 2 rings (SSSR count). The summed E-state index contributed by atoms with van der Waals surface area (Å²) in [6, 6.07) is 0. The van der Waals surface area contributed by atoms with Gasteiger partial charge in [0, 0.05) is 25.6 Å². The van der Waals surface area contributed by atoms with E-state index in [9.17, 15) is 4.79 Å². The Kier molecular flexibility index (Phi) is 2.74. The Morgan fingerprint density at radius 3 is 2.71 bits per heavy atom. The zero-order chi connectivity index (χ0) is 10.1. The molecule has 14 heavy (non-hydrogen) atoms. The zero-order valence-corrected chi connectivity index (χ0v) is 8.48. The minimum absolute atomic E-state index is 0.110. The van der Waals surface area contributed by atoms with Gasteiger partial charge in [-0.3, -0.25) is 4.79 Å². The van der Waals surface area contributed by atoms with Crippen LogP contribution in [-0.4, -0.2) is 47.8 Å². The Hall–Kier alpha value is -0.610. The van der Waals surface area contributed by atoms with Gasteiger partial charge >= 0.3 is 0 Å². The largest absolute Gasteiger partial charge is 0.396 e. The average Bonchev–Trinajstić information content (AvgIpc) is 2.49. The molecular weight excluding hydrogens is 182 g/mol. The molecule has 0 bridgehead atoms. The molecule has 2 aliphatic rings. The normalized spacial score (nSPS) is 33.1. The SMILES string of the molecule is CC1CCC(C(=O)N2CC(CO)C2)O1. The fourth-order valence-electron chi connectivity index (χ4n) is 2.05. The maximum atomic E-state index is 11.8. The van der Waals surface area contributed by atoms with Gasteiger partial charge in [0.15, 0.2) is 0 Å². The second kappa shape index (κ2) is 3.87. The minimum Gasteiger partial charge on any atom is -0.396 e. The second-order valence-electron chi connectivity index (χ2n) is 4.30. The van der Waals surface area contributed by atoms with Crippen LogP contribution < -0.4 is 0 Å². The maximum Gasteiger partial charge on any atom is 0.251 e. The lowest BCUT2D eigenvalue weighted by Gasteiger charge is -2.39. The van der Waals surface area contributed by atoms with Crippen molar-refractivity contribution in [2.75, 3.05) is 19.7 Å². The molecule has 0 aliphatic carbocycles. The Bertz CT molecular complexity index is 225. The number of carbonyl (C=O) groups excluding carboxylic acids is 1. The van der Waals surface area contributed by atoms with Gasteiger partial charge in [-0.2, -0.15) is 0 Å². The molecule has 2 unspecified atom stereocenters. The van der Waals surface area contributed by atoms with E-state index < -0.39 is 0 Å². The molecule has 0 aromatic carbocycles. The molecule has 0 radical (unpaired) electrons. The summed E-state index contributed by atoms with van der Waals surface area (Å²) in [5.74, 6) is 0.400. The third kappa shape index (κ3) is 1.77. The minimum atomic E-state index is -0.218. The molecule has 1 amide bonds. The van der Waals surface area contributed by atoms with Crippen LogP contribution in [0, 0.1) is 5.92 Å². The van der Waals surface area contributed by atoms with E-state index in [4.69, 9.17) is 9.84 Å². The molecule has 0 spiro atoms. The van der Waals surface area contributed by atoms with Crippen LogP contribution in [-0.2, 0) is 9.53 Å². The van der Waals surface area contributed by atoms with Crippen LogP contribution in [0.15, 0.2) is 0 Å². The lowest BCUT2D eigenvalue weighted by molar-refractivity contribution is -0.150. The first kappa shape index (κ1) is 9.93. The Morgan fingerprint density at radius 1 is 1.50 bits per heavy atom. The highest BCUT2D eigenvalue weighted by Crippen LogP contribution is 2.24. The maximum absolute atomic E-state index is 11.8. The van der Waals surface area contributed by atoms with Crippen molar-refractivity contribution in [1.82, 2.24) is 4.90 Å². The molecule has 2 fully saturated rings. The van der Waals surface area contributed by atoms with Crippen molar-refractivity contribution >= 4 is 5.91 Å². The summed E-state index contributed by atoms with van der Waals surface area (Å²) in [5, 5.41) is 8.82. The van der Waals surface area contributed by atoms with Crippen molar-refractivity contribution in [3.8, 4) is 0 Å². The predicted molar refractivity (Wildman–Crippen MR) is 50.7 cm³/mol. The molecule has 2 aliphatic heterocycles. The standard InChI is InChI=1S/C10H17NO3/c1-7-2-3-9(14-7)10(13)11-4-8(5-11)6-12/h7-9,12H,2-6H2,1H3. The molecular formula is C10H17NO3. The van der Waals surface area contributed by atoms with Gasteiger partial charge in [0.05, 0.1) is 6.10 Å². The van der Waals surface area contributed by atoms with E-state index in [2.05, 4.69) is 0 Å². The first-order chi connectivity index (χ1) is 6.70. The number of hydrogen-bond acceptors (Lipinski definition) is 3. The van der Waals surface area contributed by atoms with Crippen molar-refractivity contribution in [3.05, 3.63) is 0 Å². The van der Waals surface area contributed by atoms with E-state index >= 15 is 0 Å². The molecule has 0 aromatic heterocycles. The van der Waals surface area contributed by atoms with Gasteiger partial charge in [0.25, 0.3) is 5.91 Å². The third-order valence-electron chi connectivity index (χ3n) is 3.03. The zero-order valence-electron chi connectivity index (χ0n) is 8.48. The van der Waals surface area contributed by atoms with Crippen molar-refractivity contribution in [2.45, 2.75) is 32.0 Å². The summed E-state index contributed by atoms with van der Waals surface area (Å²) in [6.45, 7) is 3.58. The Morgan fingerprint density at radius 2 is 2.21 bits per heavy atom. The van der Waals surface area contributed by atoms with Crippen molar-refractivity contribution in [2.24, 2.45) is 5.92 Å². The van der Waals surface area contributed by atoms with Crippen LogP contribution in [0.2, 0.25) is 0 Å². The highest BCUT2D eigenvalue weighted by Gasteiger charge is 2.37. The van der Waals surface area contributed by atoms with Gasteiger partial charge in [-0.05, 0) is 19.8 Å². The van der Waals surface area contributed by atoms with Crippen molar-refractivity contribution in [3.63, 3.8) is 0 Å². The highest BCUT2D eigenvalue weighted by molar-refractivity contribution is 5.81. The van der Waals surface area contributed by atoms with Gasteiger partial charge in [0.1, 0.15) is 6.10 Å². The number of ether oxygens (including phenoxy) is 1. The van der Waals surface area contributed by atoms with Gasteiger partial charge < -0.3 is 14.7 Å². The van der Waals surface area contributed by atoms with E-state index in [-0.39, 0.29) is 30.6 Å². The fraction of sp³-hybridized carbons (Fsp3) is 0.900. The predicted octanol–water partition coefficient (Wildman–Crippen LogP) is 0.00460. The van der Waals surface area contributed by atoms with Gasteiger partial charge in [-0.1, -0.05) is 0 Å². The molecule has 80 valence electrons. The number of aliphatic hydroxyl groups excluding tert-OH is 1. The first-order valence-corrected chi connectivity index (χ1v) is 5.26. The third-order valence-corrected chi connectivity index (χ3v) is 3.03.